The van der Waals surface area contributed by atoms with E-state index in [1.54, 1.807) is 0 Å². The van der Waals surface area contributed by atoms with Gasteiger partial charge in [0.05, 0.1) is 21.7 Å². The van der Waals surface area contributed by atoms with E-state index in [0.29, 0.717) is 21.3 Å². The molecule has 3 aliphatic rings. The molecule has 1 saturated carbocycles. The van der Waals surface area contributed by atoms with Crippen LogP contribution in [-0.2, 0) is 11.3 Å². The van der Waals surface area contributed by atoms with Gasteiger partial charge in [0.15, 0.2) is 0 Å². The topological polar surface area (TPSA) is 45.6 Å². The van der Waals surface area contributed by atoms with Crippen molar-refractivity contribution in [2.45, 2.75) is 77.3 Å². The summed E-state index contributed by atoms with van der Waals surface area (Å²) in [5.41, 5.74) is 2.55. The number of fused-ring (bicyclic) bond motifs is 1. The van der Waals surface area contributed by atoms with Gasteiger partial charge in [-0.25, -0.2) is 0 Å². The minimum atomic E-state index is -0.0284. The van der Waals surface area contributed by atoms with Gasteiger partial charge in [-0.2, -0.15) is 0 Å². The highest BCUT2D eigenvalue weighted by atomic mass is 32.2. The summed E-state index contributed by atoms with van der Waals surface area (Å²) in [6, 6.07) is 8.39. The molecular weight excluding hydrogens is 462 g/mol. The third kappa shape index (κ3) is 4.33. The van der Waals surface area contributed by atoms with Crippen LogP contribution in [0.25, 0.3) is 17.0 Å². The largest absolute Gasteiger partial charge is 0.370 e. The van der Waals surface area contributed by atoms with Crippen LogP contribution < -0.4 is 10.5 Å². The quantitative estimate of drug-likeness (QED) is 0.388. The number of amides is 1. The number of thiocarbonyl (C=S) groups is 1. The second-order valence-electron chi connectivity index (χ2n) is 9.57. The zero-order valence-corrected chi connectivity index (χ0v) is 21.6. The fraction of sp³-hybridized carbons (Fsp3) is 0.519. The Bertz CT molecular complexity index is 1190. The van der Waals surface area contributed by atoms with Gasteiger partial charge in [-0.1, -0.05) is 74.3 Å². The van der Waals surface area contributed by atoms with Crippen molar-refractivity contribution in [2.24, 2.45) is 0 Å². The van der Waals surface area contributed by atoms with Crippen LogP contribution in [0, 0.1) is 0 Å². The lowest BCUT2D eigenvalue weighted by atomic mass is 9.94. The number of nitrogens with zero attached hydrogens (tertiary/aromatic N) is 3. The summed E-state index contributed by atoms with van der Waals surface area (Å²) in [6.07, 6.45) is 12.1. The number of para-hydroxylation sites is 1. The van der Waals surface area contributed by atoms with Crippen LogP contribution in [0.3, 0.4) is 0 Å². The van der Waals surface area contributed by atoms with E-state index in [0.717, 1.165) is 68.2 Å². The SMILES string of the molecule is CCn1c(=O)c(C=C2SC(=S)N(C3CCCCC3)C2=O)c(N2CCCCCC2)c2ccccc21. The zero-order valence-electron chi connectivity index (χ0n) is 19.9. The van der Waals surface area contributed by atoms with Crippen molar-refractivity contribution in [3.63, 3.8) is 0 Å². The molecule has 2 saturated heterocycles. The second kappa shape index (κ2) is 10.2. The molecule has 5 nitrogen and oxygen atoms in total. The van der Waals surface area contributed by atoms with Gasteiger partial charge >= 0.3 is 0 Å². The maximum Gasteiger partial charge on any atom is 0.266 e. The molecule has 0 spiro atoms. The lowest BCUT2D eigenvalue weighted by Gasteiger charge is -2.30. The minimum Gasteiger partial charge on any atom is -0.370 e. The van der Waals surface area contributed by atoms with Crippen LogP contribution >= 0.6 is 24.0 Å². The molecule has 34 heavy (non-hydrogen) atoms. The Kier molecular flexibility index (Phi) is 7.11. The smallest absolute Gasteiger partial charge is 0.266 e. The molecule has 2 aliphatic heterocycles. The Morgan fingerprint density at radius 2 is 1.68 bits per heavy atom. The first-order valence-electron chi connectivity index (χ1n) is 12.8. The van der Waals surface area contributed by atoms with E-state index in [4.69, 9.17) is 12.2 Å². The molecule has 7 heteroatoms. The normalized spacial score (nSPS) is 21.6. The summed E-state index contributed by atoms with van der Waals surface area (Å²) in [5.74, 6) is -0.0284. The van der Waals surface area contributed by atoms with Crippen molar-refractivity contribution in [2.75, 3.05) is 18.0 Å². The molecule has 0 radical (unpaired) electrons. The Balaban J connectivity index is 1.65. The molecule has 2 aromatic rings. The number of benzene rings is 1. The summed E-state index contributed by atoms with van der Waals surface area (Å²) in [7, 11) is 0. The standard InChI is InChI=1S/C27H33N3O2S2/c1-2-29-22-15-9-8-14-20(22)24(28-16-10-3-4-11-17-28)21(25(29)31)18-23-26(32)30(27(33)34-23)19-12-6-5-7-13-19/h8-9,14-15,18-19H,2-7,10-13,16-17H2,1H3. The molecule has 0 bridgehead atoms. The number of carbonyl (C=O) groups is 1. The Hall–Kier alpha value is -2.12. The van der Waals surface area contributed by atoms with Gasteiger partial charge in [-0.3, -0.25) is 14.5 Å². The first-order valence-corrected chi connectivity index (χ1v) is 14.0. The average molecular weight is 496 g/mol. The monoisotopic (exact) mass is 495 g/mol. The predicted octanol–water partition coefficient (Wildman–Crippen LogP) is 5.94. The van der Waals surface area contributed by atoms with Crippen LogP contribution in [0.1, 0.15) is 70.3 Å². The number of rotatable bonds is 4. The van der Waals surface area contributed by atoms with Gasteiger partial charge in [0, 0.05) is 31.1 Å². The highest BCUT2D eigenvalue weighted by Gasteiger charge is 2.38. The molecule has 1 aromatic heterocycles. The van der Waals surface area contributed by atoms with Crippen LogP contribution in [-0.4, -0.2) is 38.8 Å². The number of pyridine rings is 1. The predicted molar refractivity (Wildman–Crippen MR) is 146 cm³/mol. The molecule has 180 valence electrons. The fourth-order valence-corrected chi connectivity index (χ4v) is 7.14. The summed E-state index contributed by atoms with van der Waals surface area (Å²) in [6.45, 7) is 4.46. The Morgan fingerprint density at radius 1 is 1.00 bits per heavy atom. The lowest BCUT2D eigenvalue weighted by Crippen LogP contribution is -2.39. The Morgan fingerprint density at radius 3 is 2.38 bits per heavy atom. The Labute approximate surface area is 211 Å². The molecule has 1 aromatic carbocycles. The van der Waals surface area contributed by atoms with Crippen molar-refractivity contribution in [1.29, 1.82) is 0 Å². The van der Waals surface area contributed by atoms with Gasteiger partial charge in [0.2, 0.25) is 0 Å². The zero-order chi connectivity index (χ0) is 23.7. The molecule has 3 fully saturated rings. The molecule has 5 rings (SSSR count). The third-order valence-electron chi connectivity index (χ3n) is 7.46. The molecular formula is C27H33N3O2S2. The molecule has 1 amide bonds. The third-order valence-corrected chi connectivity index (χ3v) is 8.79. The highest BCUT2D eigenvalue weighted by molar-refractivity contribution is 8.26. The number of thioether (sulfide) groups is 1. The second-order valence-corrected chi connectivity index (χ2v) is 11.2. The van der Waals surface area contributed by atoms with Crippen LogP contribution in [0.2, 0.25) is 0 Å². The van der Waals surface area contributed by atoms with Crippen LogP contribution in [0.5, 0.6) is 0 Å². The van der Waals surface area contributed by atoms with Crippen LogP contribution in [0.15, 0.2) is 34.0 Å². The summed E-state index contributed by atoms with van der Waals surface area (Å²) in [4.78, 5) is 32.2. The first-order chi connectivity index (χ1) is 16.6. The number of aromatic nitrogens is 1. The number of hydrogen-bond acceptors (Lipinski definition) is 5. The highest BCUT2D eigenvalue weighted by Crippen LogP contribution is 2.39. The molecule has 0 atom stereocenters. The summed E-state index contributed by atoms with van der Waals surface area (Å²) in [5, 5.41) is 1.08. The van der Waals surface area contributed by atoms with Crippen molar-refractivity contribution in [1.82, 2.24) is 9.47 Å². The molecule has 3 heterocycles. The van der Waals surface area contributed by atoms with Crippen molar-refractivity contribution < 1.29 is 4.79 Å². The first kappa shape index (κ1) is 23.6. The summed E-state index contributed by atoms with van der Waals surface area (Å²) < 4.78 is 2.47. The van der Waals surface area contributed by atoms with E-state index in [2.05, 4.69) is 11.0 Å². The summed E-state index contributed by atoms with van der Waals surface area (Å²) >= 11 is 7.02. The number of carbonyl (C=O) groups excluding carboxylic acids is 1. The van der Waals surface area contributed by atoms with Gasteiger partial charge in [0.25, 0.3) is 11.5 Å². The van der Waals surface area contributed by atoms with Gasteiger partial charge in [0.1, 0.15) is 4.32 Å². The van der Waals surface area contributed by atoms with Crippen molar-refractivity contribution in [3.8, 4) is 0 Å². The number of hydrogen-bond donors (Lipinski definition) is 0. The van der Waals surface area contributed by atoms with Gasteiger partial charge < -0.3 is 9.47 Å². The van der Waals surface area contributed by atoms with Gasteiger partial charge in [-0.15, -0.1) is 0 Å². The lowest BCUT2D eigenvalue weighted by molar-refractivity contribution is -0.124. The maximum atomic E-state index is 13.8. The number of anilines is 1. The maximum absolute atomic E-state index is 13.8. The van der Waals surface area contributed by atoms with Crippen molar-refractivity contribution >= 4 is 56.9 Å². The van der Waals surface area contributed by atoms with E-state index in [1.807, 2.05) is 40.7 Å². The average Bonchev–Trinajstić information content (AvgIpc) is 3.01. The fourth-order valence-electron chi connectivity index (χ4n) is 5.75. The van der Waals surface area contributed by atoms with Crippen molar-refractivity contribution in [3.05, 3.63) is 45.1 Å². The van der Waals surface area contributed by atoms with E-state index in [1.165, 1.54) is 31.0 Å². The number of aryl methyl sites for hydroxylation is 1. The van der Waals surface area contributed by atoms with E-state index in [9.17, 15) is 9.59 Å². The molecule has 0 N–H and O–H groups in total. The van der Waals surface area contributed by atoms with Gasteiger partial charge in [-0.05, 0) is 44.7 Å². The minimum absolute atomic E-state index is 0.0246. The molecule has 0 unspecified atom stereocenters. The molecule has 1 aliphatic carbocycles. The van der Waals surface area contributed by atoms with E-state index in [-0.39, 0.29) is 17.5 Å². The van der Waals surface area contributed by atoms with Crippen LogP contribution in [0.4, 0.5) is 5.69 Å². The van der Waals surface area contributed by atoms with E-state index < -0.39 is 0 Å². The van der Waals surface area contributed by atoms with E-state index >= 15 is 0 Å².